The number of carbonyl (C=O) groups excluding carboxylic acids is 1. The second-order valence-corrected chi connectivity index (χ2v) is 7.94. The van der Waals surface area contributed by atoms with Gasteiger partial charge in [-0.3, -0.25) is 0 Å². The van der Waals surface area contributed by atoms with E-state index in [1.165, 1.54) is 0 Å². The molecular formula is C21H25NO3S. The minimum atomic E-state index is -0.828. The molecule has 26 heavy (non-hydrogen) atoms. The maximum atomic E-state index is 12.7. The molecule has 1 saturated heterocycles. The Hall–Kier alpha value is -1.98. The van der Waals surface area contributed by atoms with E-state index in [0.29, 0.717) is 25.9 Å². The van der Waals surface area contributed by atoms with Crippen LogP contribution in [0.5, 0.6) is 0 Å². The van der Waals surface area contributed by atoms with Crippen molar-refractivity contribution in [3.8, 4) is 0 Å². The Morgan fingerprint density at radius 3 is 2.19 bits per heavy atom. The Morgan fingerprint density at radius 1 is 1.00 bits per heavy atom. The van der Waals surface area contributed by atoms with Crippen molar-refractivity contribution < 1.29 is 14.6 Å². The van der Waals surface area contributed by atoms with E-state index in [0.717, 1.165) is 22.6 Å². The molecule has 1 fully saturated rings. The average Bonchev–Trinajstić information content (AvgIpc) is 2.67. The number of ether oxygens (including phenoxy) is 1. The van der Waals surface area contributed by atoms with Crippen LogP contribution in [0.2, 0.25) is 0 Å². The quantitative estimate of drug-likeness (QED) is 0.831. The van der Waals surface area contributed by atoms with Crippen LogP contribution < -0.4 is 0 Å². The number of benzene rings is 2. The summed E-state index contributed by atoms with van der Waals surface area (Å²) < 4.78 is 5.52. The van der Waals surface area contributed by atoms with Crippen molar-refractivity contribution in [2.24, 2.45) is 0 Å². The van der Waals surface area contributed by atoms with Crippen molar-refractivity contribution in [1.82, 2.24) is 4.90 Å². The van der Waals surface area contributed by atoms with Gasteiger partial charge in [-0.1, -0.05) is 60.7 Å². The largest absolute Gasteiger partial charge is 0.445 e. The summed E-state index contributed by atoms with van der Waals surface area (Å²) in [6.07, 6.45) is 1.02. The third-order valence-electron chi connectivity index (χ3n) is 4.59. The maximum Gasteiger partial charge on any atom is 0.410 e. The summed E-state index contributed by atoms with van der Waals surface area (Å²) in [5, 5.41) is 10.9. The van der Waals surface area contributed by atoms with Gasteiger partial charge in [-0.25, -0.2) is 4.79 Å². The zero-order valence-corrected chi connectivity index (χ0v) is 15.7. The fraction of sp³-hybridized carbons (Fsp3) is 0.381. The van der Waals surface area contributed by atoms with Crippen molar-refractivity contribution in [1.29, 1.82) is 0 Å². The average molecular weight is 372 g/mol. The van der Waals surface area contributed by atoms with Gasteiger partial charge in [0.2, 0.25) is 0 Å². The summed E-state index contributed by atoms with van der Waals surface area (Å²) in [5.74, 6) is 1.85. The number of thioether (sulfide) groups is 1. The van der Waals surface area contributed by atoms with Crippen LogP contribution in [0.1, 0.15) is 24.0 Å². The minimum Gasteiger partial charge on any atom is -0.445 e. The monoisotopic (exact) mass is 371 g/mol. The van der Waals surface area contributed by atoms with Gasteiger partial charge in [-0.2, -0.15) is 11.8 Å². The Bertz CT molecular complexity index is 687. The first kappa shape index (κ1) is 18.8. The molecule has 0 aromatic heterocycles. The summed E-state index contributed by atoms with van der Waals surface area (Å²) in [6, 6.07) is 19.5. The zero-order chi connectivity index (χ0) is 18.2. The molecule has 0 unspecified atom stereocenters. The summed E-state index contributed by atoms with van der Waals surface area (Å²) in [6.45, 7) is 0.971. The molecule has 2 aromatic rings. The minimum absolute atomic E-state index is 0.235. The molecule has 0 bridgehead atoms. The smallest absolute Gasteiger partial charge is 0.410 e. The first-order valence-electron chi connectivity index (χ1n) is 8.94. The van der Waals surface area contributed by atoms with Gasteiger partial charge in [0, 0.05) is 6.54 Å². The van der Waals surface area contributed by atoms with Gasteiger partial charge in [0.05, 0.1) is 12.1 Å². The highest BCUT2D eigenvalue weighted by Gasteiger charge is 2.34. The van der Waals surface area contributed by atoms with Gasteiger partial charge < -0.3 is 14.7 Å². The molecule has 1 amide bonds. The lowest BCUT2D eigenvalue weighted by molar-refractivity contribution is -0.00827. The highest BCUT2D eigenvalue weighted by molar-refractivity contribution is 7.99. The molecule has 3 rings (SSSR count). The standard InChI is InChI=1S/C21H25NO3S/c23-20(25-16-19-9-5-2-6-10-19)22(15-18-7-3-1-4-8-18)17-21(24)11-13-26-14-12-21/h1-10,24H,11-17H2. The van der Waals surface area contributed by atoms with Crippen LogP contribution in [-0.2, 0) is 17.9 Å². The third-order valence-corrected chi connectivity index (χ3v) is 5.57. The maximum absolute atomic E-state index is 12.7. The molecule has 4 nitrogen and oxygen atoms in total. The fourth-order valence-corrected chi connectivity index (χ4v) is 4.32. The lowest BCUT2D eigenvalue weighted by atomic mass is 9.96. The Labute approximate surface area is 159 Å². The number of carbonyl (C=O) groups is 1. The van der Waals surface area contributed by atoms with E-state index in [2.05, 4.69) is 0 Å². The van der Waals surface area contributed by atoms with Gasteiger partial charge in [-0.15, -0.1) is 0 Å². The number of amides is 1. The van der Waals surface area contributed by atoms with Crippen LogP contribution in [0, 0.1) is 0 Å². The van der Waals surface area contributed by atoms with E-state index in [9.17, 15) is 9.90 Å². The number of aliphatic hydroxyl groups is 1. The van der Waals surface area contributed by atoms with Gasteiger partial charge >= 0.3 is 6.09 Å². The molecule has 2 aromatic carbocycles. The molecule has 0 spiro atoms. The topological polar surface area (TPSA) is 49.8 Å². The summed E-state index contributed by atoms with van der Waals surface area (Å²) in [5.41, 5.74) is 1.15. The Balaban J connectivity index is 1.67. The fourth-order valence-electron chi connectivity index (χ4n) is 3.06. The second kappa shape index (κ2) is 9.10. The second-order valence-electron chi connectivity index (χ2n) is 6.72. The highest BCUT2D eigenvalue weighted by atomic mass is 32.2. The lowest BCUT2D eigenvalue weighted by Crippen LogP contribution is -2.47. The van der Waals surface area contributed by atoms with Gasteiger partial charge in [0.1, 0.15) is 6.61 Å². The molecule has 1 N–H and O–H groups in total. The normalized spacial score (nSPS) is 16.0. The Morgan fingerprint density at radius 2 is 1.58 bits per heavy atom. The molecular weight excluding hydrogens is 346 g/mol. The van der Waals surface area contributed by atoms with Crippen molar-refractivity contribution in [3.63, 3.8) is 0 Å². The number of hydrogen-bond acceptors (Lipinski definition) is 4. The number of nitrogens with zero attached hydrogens (tertiary/aromatic N) is 1. The van der Waals surface area contributed by atoms with Gasteiger partial charge in [0.15, 0.2) is 0 Å². The molecule has 0 radical (unpaired) electrons. The predicted molar refractivity (Wildman–Crippen MR) is 105 cm³/mol. The van der Waals surface area contributed by atoms with E-state index in [1.54, 1.807) is 4.90 Å². The van der Waals surface area contributed by atoms with Crippen molar-refractivity contribution in [3.05, 3.63) is 71.8 Å². The summed E-state index contributed by atoms with van der Waals surface area (Å²) >= 11 is 1.85. The lowest BCUT2D eigenvalue weighted by Gasteiger charge is -2.36. The molecule has 1 aliphatic rings. The number of hydrogen-bond donors (Lipinski definition) is 1. The van der Waals surface area contributed by atoms with E-state index in [4.69, 9.17) is 4.74 Å². The first-order chi connectivity index (χ1) is 12.6. The zero-order valence-electron chi connectivity index (χ0n) is 14.8. The predicted octanol–water partition coefficient (Wildman–Crippen LogP) is 4.08. The summed E-state index contributed by atoms with van der Waals surface area (Å²) in [4.78, 5) is 14.4. The molecule has 0 atom stereocenters. The third kappa shape index (κ3) is 5.51. The van der Waals surface area contributed by atoms with Gasteiger partial charge in [-0.05, 0) is 35.5 Å². The molecule has 1 aliphatic heterocycles. The molecule has 0 saturated carbocycles. The van der Waals surface area contributed by atoms with E-state index < -0.39 is 5.60 Å². The van der Waals surface area contributed by atoms with E-state index in [-0.39, 0.29) is 12.7 Å². The first-order valence-corrected chi connectivity index (χ1v) is 10.1. The molecule has 0 aliphatic carbocycles. The van der Waals surface area contributed by atoms with Crippen LogP contribution >= 0.6 is 11.8 Å². The van der Waals surface area contributed by atoms with Gasteiger partial charge in [0.25, 0.3) is 0 Å². The van der Waals surface area contributed by atoms with Crippen LogP contribution in [0.3, 0.4) is 0 Å². The summed E-state index contributed by atoms with van der Waals surface area (Å²) in [7, 11) is 0. The van der Waals surface area contributed by atoms with Crippen LogP contribution in [-0.4, -0.2) is 39.8 Å². The van der Waals surface area contributed by atoms with Crippen molar-refractivity contribution in [2.45, 2.75) is 31.6 Å². The van der Waals surface area contributed by atoms with Crippen LogP contribution in [0.4, 0.5) is 4.79 Å². The number of rotatable bonds is 6. The molecule has 5 heteroatoms. The van der Waals surface area contributed by atoms with E-state index in [1.807, 2.05) is 72.4 Å². The van der Waals surface area contributed by atoms with Crippen molar-refractivity contribution >= 4 is 17.9 Å². The molecule has 138 valence electrons. The Kier molecular flexibility index (Phi) is 6.58. The van der Waals surface area contributed by atoms with Crippen LogP contribution in [0.15, 0.2) is 60.7 Å². The van der Waals surface area contributed by atoms with Crippen molar-refractivity contribution in [2.75, 3.05) is 18.1 Å². The SMILES string of the molecule is O=C(OCc1ccccc1)N(Cc1ccccc1)CC1(O)CCSCC1. The van der Waals surface area contributed by atoms with Crippen LogP contribution in [0.25, 0.3) is 0 Å². The highest BCUT2D eigenvalue weighted by Crippen LogP contribution is 2.28. The molecule has 1 heterocycles. The van der Waals surface area contributed by atoms with E-state index >= 15 is 0 Å².